The van der Waals surface area contributed by atoms with Crippen LogP contribution in [0.15, 0.2) is 34.7 Å². The molecular formula is C16H22N2O2. The van der Waals surface area contributed by atoms with Crippen LogP contribution in [0.5, 0.6) is 5.75 Å². The van der Waals surface area contributed by atoms with Crippen LogP contribution in [0.1, 0.15) is 35.1 Å². The quantitative estimate of drug-likeness (QED) is 0.628. The van der Waals surface area contributed by atoms with Gasteiger partial charge in [-0.2, -0.15) is 0 Å². The van der Waals surface area contributed by atoms with Crippen molar-refractivity contribution in [1.29, 1.82) is 0 Å². The van der Waals surface area contributed by atoms with Crippen LogP contribution in [0.3, 0.4) is 0 Å². The molecule has 4 heteroatoms. The smallest absolute Gasteiger partial charge is 0.118 e. The number of furan rings is 1. The number of ether oxygens (including phenoxy) is 1. The van der Waals surface area contributed by atoms with Crippen molar-refractivity contribution in [2.75, 3.05) is 7.11 Å². The van der Waals surface area contributed by atoms with Gasteiger partial charge in [0.05, 0.1) is 7.11 Å². The summed E-state index contributed by atoms with van der Waals surface area (Å²) >= 11 is 0. The monoisotopic (exact) mass is 274 g/mol. The predicted octanol–water partition coefficient (Wildman–Crippen LogP) is 3.04. The molecule has 1 atom stereocenters. The van der Waals surface area contributed by atoms with Gasteiger partial charge >= 0.3 is 0 Å². The molecule has 0 aliphatic rings. The Hall–Kier alpha value is -1.78. The molecule has 20 heavy (non-hydrogen) atoms. The lowest BCUT2D eigenvalue weighted by molar-refractivity contribution is 0.414. The standard InChI is InChI=1S/C16H22N2O2/c1-11-10-15(12(2)20-11)16(18-17)9-6-13-4-7-14(19-3)8-5-13/h4-5,7-8,10,16,18H,6,9,17H2,1-3H3. The summed E-state index contributed by atoms with van der Waals surface area (Å²) in [7, 11) is 1.67. The summed E-state index contributed by atoms with van der Waals surface area (Å²) < 4.78 is 10.7. The first-order valence-corrected chi connectivity index (χ1v) is 6.80. The Balaban J connectivity index is 2.01. The molecule has 2 aromatic rings. The zero-order chi connectivity index (χ0) is 14.5. The molecule has 0 aliphatic heterocycles. The third-order valence-electron chi connectivity index (χ3n) is 3.54. The molecule has 0 radical (unpaired) electrons. The van der Waals surface area contributed by atoms with E-state index in [-0.39, 0.29) is 6.04 Å². The normalized spacial score (nSPS) is 12.4. The van der Waals surface area contributed by atoms with E-state index in [0.29, 0.717) is 0 Å². The van der Waals surface area contributed by atoms with E-state index in [1.807, 2.05) is 32.0 Å². The average Bonchev–Trinajstić information content (AvgIpc) is 2.79. The van der Waals surface area contributed by atoms with Crippen molar-refractivity contribution in [3.63, 3.8) is 0 Å². The summed E-state index contributed by atoms with van der Waals surface area (Å²) in [6.45, 7) is 3.92. The van der Waals surface area contributed by atoms with Crippen LogP contribution in [0.4, 0.5) is 0 Å². The number of rotatable bonds is 6. The number of hydrogen-bond acceptors (Lipinski definition) is 4. The Labute approximate surface area is 119 Å². The number of nitrogens with one attached hydrogen (secondary N) is 1. The zero-order valence-electron chi connectivity index (χ0n) is 12.3. The Morgan fingerprint density at radius 2 is 1.95 bits per heavy atom. The van der Waals surface area contributed by atoms with Crippen LogP contribution in [-0.2, 0) is 6.42 Å². The van der Waals surface area contributed by atoms with Gasteiger partial charge in [-0.15, -0.1) is 0 Å². The highest BCUT2D eigenvalue weighted by Gasteiger charge is 2.15. The number of aryl methyl sites for hydroxylation is 3. The fraction of sp³-hybridized carbons (Fsp3) is 0.375. The lowest BCUT2D eigenvalue weighted by Gasteiger charge is -2.15. The van der Waals surface area contributed by atoms with E-state index < -0.39 is 0 Å². The lowest BCUT2D eigenvalue weighted by atomic mass is 9.99. The van der Waals surface area contributed by atoms with E-state index in [1.54, 1.807) is 7.11 Å². The molecule has 3 N–H and O–H groups in total. The second-order valence-electron chi connectivity index (χ2n) is 4.97. The maximum Gasteiger partial charge on any atom is 0.118 e. The molecule has 2 rings (SSSR count). The second kappa shape index (κ2) is 6.59. The highest BCUT2D eigenvalue weighted by atomic mass is 16.5. The van der Waals surface area contributed by atoms with Crippen LogP contribution in [0.25, 0.3) is 0 Å². The zero-order valence-corrected chi connectivity index (χ0v) is 12.3. The first kappa shape index (κ1) is 14.6. The predicted molar refractivity (Wildman–Crippen MR) is 79.6 cm³/mol. The van der Waals surface area contributed by atoms with Crippen molar-refractivity contribution >= 4 is 0 Å². The van der Waals surface area contributed by atoms with Gasteiger partial charge in [0.1, 0.15) is 17.3 Å². The molecule has 0 spiro atoms. The first-order valence-electron chi connectivity index (χ1n) is 6.80. The van der Waals surface area contributed by atoms with Crippen LogP contribution in [0.2, 0.25) is 0 Å². The Kier molecular flexibility index (Phi) is 4.82. The van der Waals surface area contributed by atoms with Gasteiger partial charge in [0.2, 0.25) is 0 Å². The third kappa shape index (κ3) is 3.40. The first-order chi connectivity index (χ1) is 9.63. The average molecular weight is 274 g/mol. The largest absolute Gasteiger partial charge is 0.497 e. The van der Waals surface area contributed by atoms with E-state index in [1.165, 1.54) is 5.56 Å². The molecule has 0 aliphatic carbocycles. The highest BCUT2D eigenvalue weighted by Crippen LogP contribution is 2.25. The minimum Gasteiger partial charge on any atom is -0.497 e. The molecule has 1 unspecified atom stereocenters. The van der Waals surface area contributed by atoms with Gasteiger partial charge < -0.3 is 9.15 Å². The highest BCUT2D eigenvalue weighted by molar-refractivity contribution is 5.28. The van der Waals surface area contributed by atoms with Gasteiger partial charge in [-0.1, -0.05) is 12.1 Å². The Morgan fingerprint density at radius 1 is 1.25 bits per heavy atom. The number of benzene rings is 1. The summed E-state index contributed by atoms with van der Waals surface area (Å²) in [5, 5.41) is 0. The molecule has 1 aromatic heterocycles. The molecule has 0 amide bonds. The molecule has 4 nitrogen and oxygen atoms in total. The maximum atomic E-state index is 5.68. The number of hydrogen-bond donors (Lipinski definition) is 2. The van der Waals surface area contributed by atoms with Gasteiger partial charge in [-0.3, -0.25) is 11.3 Å². The molecule has 1 heterocycles. The number of hydrazine groups is 1. The van der Waals surface area contributed by atoms with Crippen LogP contribution in [0, 0.1) is 13.8 Å². The van der Waals surface area contributed by atoms with Gasteiger partial charge in [0.25, 0.3) is 0 Å². The summed E-state index contributed by atoms with van der Waals surface area (Å²) in [4.78, 5) is 0. The van der Waals surface area contributed by atoms with E-state index in [9.17, 15) is 0 Å². The molecule has 0 fully saturated rings. The van der Waals surface area contributed by atoms with Gasteiger partial charge in [0, 0.05) is 11.6 Å². The van der Waals surface area contributed by atoms with Gasteiger partial charge in [0.15, 0.2) is 0 Å². The number of methoxy groups -OCH3 is 1. The molecule has 1 aromatic carbocycles. The van der Waals surface area contributed by atoms with E-state index in [2.05, 4.69) is 17.6 Å². The van der Waals surface area contributed by atoms with Crippen LogP contribution >= 0.6 is 0 Å². The topological polar surface area (TPSA) is 60.4 Å². The van der Waals surface area contributed by atoms with Gasteiger partial charge in [-0.25, -0.2) is 0 Å². The van der Waals surface area contributed by atoms with Gasteiger partial charge in [-0.05, 0) is 50.5 Å². The minimum atomic E-state index is 0.106. The van der Waals surface area contributed by atoms with Crippen molar-refractivity contribution in [2.24, 2.45) is 5.84 Å². The van der Waals surface area contributed by atoms with E-state index in [0.717, 1.165) is 35.7 Å². The summed E-state index contributed by atoms with van der Waals surface area (Å²) in [6, 6.07) is 10.3. The molecular weight excluding hydrogens is 252 g/mol. The van der Waals surface area contributed by atoms with Crippen molar-refractivity contribution in [3.05, 3.63) is 53.0 Å². The molecule has 0 saturated carbocycles. The van der Waals surface area contributed by atoms with E-state index >= 15 is 0 Å². The van der Waals surface area contributed by atoms with Crippen molar-refractivity contribution in [3.8, 4) is 5.75 Å². The van der Waals surface area contributed by atoms with Crippen molar-refractivity contribution in [2.45, 2.75) is 32.7 Å². The van der Waals surface area contributed by atoms with E-state index in [4.69, 9.17) is 15.0 Å². The Bertz CT molecular complexity index is 546. The van der Waals surface area contributed by atoms with Crippen LogP contribution < -0.4 is 16.0 Å². The van der Waals surface area contributed by atoms with Crippen molar-refractivity contribution < 1.29 is 9.15 Å². The minimum absolute atomic E-state index is 0.106. The fourth-order valence-electron chi connectivity index (χ4n) is 2.43. The number of nitrogens with two attached hydrogens (primary N) is 1. The molecule has 108 valence electrons. The fourth-order valence-corrected chi connectivity index (χ4v) is 2.43. The molecule has 0 saturated heterocycles. The van der Waals surface area contributed by atoms with Crippen LogP contribution in [-0.4, -0.2) is 7.11 Å². The third-order valence-corrected chi connectivity index (χ3v) is 3.54. The summed E-state index contributed by atoms with van der Waals surface area (Å²) in [6.07, 6.45) is 1.87. The molecule has 0 bridgehead atoms. The summed E-state index contributed by atoms with van der Waals surface area (Å²) in [5.41, 5.74) is 5.29. The summed E-state index contributed by atoms with van der Waals surface area (Å²) in [5.74, 6) is 8.41. The second-order valence-corrected chi connectivity index (χ2v) is 4.97. The SMILES string of the molecule is COc1ccc(CCC(NN)c2cc(C)oc2C)cc1. The van der Waals surface area contributed by atoms with Crippen molar-refractivity contribution in [1.82, 2.24) is 5.43 Å². The Morgan fingerprint density at radius 3 is 2.45 bits per heavy atom. The lowest BCUT2D eigenvalue weighted by Crippen LogP contribution is -2.28. The maximum absolute atomic E-state index is 5.68.